The first kappa shape index (κ1) is 20.7. The fourth-order valence-electron chi connectivity index (χ4n) is 3.78. The summed E-state index contributed by atoms with van der Waals surface area (Å²) in [6.07, 6.45) is 1.57. The van der Waals surface area contributed by atoms with Crippen molar-refractivity contribution in [1.82, 2.24) is 0 Å². The van der Waals surface area contributed by atoms with Crippen LogP contribution >= 0.6 is 0 Å². The summed E-state index contributed by atoms with van der Waals surface area (Å²) in [5.41, 5.74) is -6.69. The maximum atomic E-state index is 12.8. The Morgan fingerprint density at radius 2 is 1.79 bits per heavy atom. The predicted octanol–water partition coefficient (Wildman–Crippen LogP) is 3.84. The summed E-state index contributed by atoms with van der Waals surface area (Å²) in [5, 5.41) is 0. The minimum Gasteiger partial charge on any atom is -0.464 e. The van der Waals surface area contributed by atoms with Crippen molar-refractivity contribution in [1.29, 1.82) is 0 Å². The van der Waals surface area contributed by atoms with Crippen LogP contribution in [0.4, 0.5) is 13.2 Å². The molecule has 2 atom stereocenters. The molecular formula is C19H21F3O5S. The molecule has 0 saturated carbocycles. The maximum absolute atomic E-state index is 12.8. The highest BCUT2D eigenvalue weighted by Crippen LogP contribution is 2.64. The molecule has 154 valence electrons. The van der Waals surface area contributed by atoms with Crippen molar-refractivity contribution < 1.29 is 35.3 Å². The molecule has 28 heavy (non-hydrogen) atoms. The Morgan fingerprint density at radius 3 is 2.36 bits per heavy atom. The predicted molar refractivity (Wildman–Crippen MR) is 94.5 cm³/mol. The summed E-state index contributed by atoms with van der Waals surface area (Å²) >= 11 is 0. The SMILES string of the molecule is CC(C)(C)C(=O)OC[C@]12Cc3ccccc3[C@@]1(C)C=C2OS(=O)(=O)C(F)(F)F. The van der Waals surface area contributed by atoms with E-state index in [1.54, 1.807) is 39.8 Å². The van der Waals surface area contributed by atoms with E-state index in [9.17, 15) is 26.4 Å². The molecule has 2 aliphatic carbocycles. The Hall–Kier alpha value is -2.03. The number of fused-ring (bicyclic) bond motifs is 3. The van der Waals surface area contributed by atoms with Crippen LogP contribution in [0.15, 0.2) is 36.1 Å². The second-order valence-electron chi connectivity index (χ2n) is 8.44. The third kappa shape index (κ3) is 2.91. The molecule has 5 nitrogen and oxygen atoms in total. The molecule has 2 aliphatic rings. The second kappa shape index (κ2) is 5.98. The van der Waals surface area contributed by atoms with Gasteiger partial charge in [-0.2, -0.15) is 21.6 Å². The van der Waals surface area contributed by atoms with Gasteiger partial charge >= 0.3 is 21.6 Å². The molecule has 0 saturated heterocycles. The lowest BCUT2D eigenvalue weighted by molar-refractivity contribution is -0.158. The fourth-order valence-corrected chi connectivity index (χ4v) is 4.31. The van der Waals surface area contributed by atoms with E-state index in [1.165, 1.54) is 6.08 Å². The standard InChI is InChI=1S/C19H21F3O5S/c1-16(2,3)15(23)26-11-18-9-12-7-5-6-8-13(12)17(18,4)10-14(18)27-28(24,25)19(20,21)22/h5-8,10H,9,11H2,1-4H3/t17-,18+/m1/s1. The van der Waals surface area contributed by atoms with Gasteiger partial charge in [0.2, 0.25) is 0 Å². The van der Waals surface area contributed by atoms with Crippen LogP contribution in [0.1, 0.15) is 38.8 Å². The highest BCUT2D eigenvalue weighted by molar-refractivity contribution is 7.87. The fraction of sp³-hybridized carbons (Fsp3) is 0.526. The van der Waals surface area contributed by atoms with Crippen molar-refractivity contribution >= 4 is 16.1 Å². The number of hydrogen-bond donors (Lipinski definition) is 0. The maximum Gasteiger partial charge on any atom is 0.534 e. The number of carbonyl (C=O) groups excluding carboxylic acids is 1. The van der Waals surface area contributed by atoms with Crippen molar-refractivity contribution in [3.8, 4) is 0 Å². The molecule has 3 rings (SSSR count). The summed E-state index contributed by atoms with van der Waals surface area (Å²) < 4.78 is 71.5. The van der Waals surface area contributed by atoms with Gasteiger partial charge in [0.25, 0.3) is 0 Å². The molecule has 9 heteroatoms. The highest BCUT2D eigenvalue weighted by Gasteiger charge is 2.66. The van der Waals surface area contributed by atoms with Gasteiger partial charge in [-0.25, -0.2) is 0 Å². The quantitative estimate of drug-likeness (QED) is 0.422. The van der Waals surface area contributed by atoms with E-state index < -0.39 is 37.8 Å². The Balaban J connectivity index is 1.99. The van der Waals surface area contributed by atoms with Gasteiger partial charge in [-0.1, -0.05) is 31.2 Å². The number of allylic oxidation sites excluding steroid dienone is 1. The van der Waals surface area contributed by atoms with E-state index in [4.69, 9.17) is 4.74 Å². The monoisotopic (exact) mass is 418 g/mol. The van der Waals surface area contributed by atoms with E-state index in [0.29, 0.717) is 0 Å². The molecule has 0 heterocycles. The summed E-state index contributed by atoms with van der Waals surface area (Å²) in [6, 6.07) is 7.22. The van der Waals surface area contributed by atoms with Crippen LogP contribution in [0.3, 0.4) is 0 Å². The zero-order chi connectivity index (χ0) is 21.2. The van der Waals surface area contributed by atoms with Crippen LogP contribution in [0.5, 0.6) is 0 Å². The number of esters is 1. The van der Waals surface area contributed by atoms with Gasteiger partial charge in [0.05, 0.1) is 10.8 Å². The second-order valence-corrected chi connectivity index (χ2v) is 9.97. The smallest absolute Gasteiger partial charge is 0.464 e. The Morgan fingerprint density at radius 1 is 1.18 bits per heavy atom. The average Bonchev–Trinajstić information content (AvgIpc) is 2.74. The molecule has 0 fully saturated rings. The van der Waals surface area contributed by atoms with Gasteiger partial charge in [0.1, 0.15) is 12.4 Å². The lowest BCUT2D eigenvalue weighted by Gasteiger charge is -2.50. The number of halogens is 3. The molecule has 0 aliphatic heterocycles. The summed E-state index contributed by atoms with van der Waals surface area (Å²) in [7, 11) is -5.82. The van der Waals surface area contributed by atoms with Crippen molar-refractivity contribution in [2.24, 2.45) is 10.8 Å². The third-order valence-electron chi connectivity index (χ3n) is 5.50. The molecule has 0 bridgehead atoms. The summed E-state index contributed by atoms with van der Waals surface area (Å²) in [4.78, 5) is 12.2. The van der Waals surface area contributed by atoms with E-state index in [2.05, 4.69) is 4.18 Å². The lowest BCUT2D eigenvalue weighted by atomic mass is 9.56. The van der Waals surface area contributed by atoms with Gasteiger partial charge in [-0.3, -0.25) is 4.79 Å². The number of carbonyl (C=O) groups is 1. The van der Waals surface area contributed by atoms with Crippen LogP contribution in [0.25, 0.3) is 0 Å². The number of benzene rings is 1. The molecule has 0 N–H and O–H groups in total. The largest absolute Gasteiger partial charge is 0.534 e. The van der Waals surface area contributed by atoms with Crippen LogP contribution in [0, 0.1) is 10.8 Å². The number of rotatable bonds is 4. The first-order valence-electron chi connectivity index (χ1n) is 8.64. The van der Waals surface area contributed by atoms with Gasteiger partial charge < -0.3 is 8.92 Å². The molecule has 0 aromatic heterocycles. The minimum absolute atomic E-state index is 0.205. The average molecular weight is 418 g/mol. The molecule has 0 unspecified atom stereocenters. The topological polar surface area (TPSA) is 69.7 Å². The summed E-state index contributed by atoms with van der Waals surface area (Å²) in [6.45, 7) is 6.44. The number of ether oxygens (including phenoxy) is 1. The van der Waals surface area contributed by atoms with Crippen LogP contribution in [0.2, 0.25) is 0 Å². The van der Waals surface area contributed by atoms with Gasteiger partial charge in [-0.05, 0) is 44.4 Å². The highest BCUT2D eigenvalue weighted by atomic mass is 32.2. The Labute approximate surface area is 161 Å². The molecule has 1 aromatic rings. The molecular weight excluding hydrogens is 397 g/mol. The van der Waals surface area contributed by atoms with Gasteiger partial charge in [0, 0.05) is 5.41 Å². The first-order chi connectivity index (χ1) is 12.6. The van der Waals surface area contributed by atoms with E-state index in [0.717, 1.165) is 11.1 Å². The molecule has 0 spiro atoms. The third-order valence-corrected chi connectivity index (χ3v) is 6.47. The van der Waals surface area contributed by atoms with E-state index >= 15 is 0 Å². The Bertz CT molecular complexity index is 959. The molecule has 0 radical (unpaired) electrons. The zero-order valence-electron chi connectivity index (χ0n) is 15.9. The van der Waals surface area contributed by atoms with E-state index in [-0.39, 0.29) is 18.8 Å². The Kier molecular flexibility index (Phi) is 4.42. The van der Waals surface area contributed by atoms with Gasteiger partial charge in [-0.15, -0.1) is 0 Å². The van der Waals surface area contributed by atoms with Crippen molar-refractivity contribution in [2.75, 3.05) is 6.61 Å². The van der Waals surface area contributed by atoms with Crippen LogP contribution < -0.4 is 0 Å². The lowest BCUT2D eigenvalue weighted by Crippen LogP contribution is -2.54. The number of hydrogen-bond acceptors (Lipinski definition) is 5. The van der Waals surface area contributed by atoms with Gasteiger partial charge in [0.15, 0.2) is 0 Å². The normalized spacial score (nSPS) is 26.6. The van der Waals surface area contributed by atoms with Crippen molar-refractivity contribution in [3.63, 3.8) is 0 Å². The van der Waals surface area contributed by atoms with E-state index in [1.807, 2.05) is 12.1 Å². The first-order valence-corrected chi connectivity index (χ1v) is 10.0. The molecule has 0 amide bonds. The van der Waals surface area contributed by atoms with Crippen LogP contribution in [-0.4, -0.2) is 26.5 Å². The number of alkyl halides is 3. The summed E-state index contributed by atoms with van der Waals surface area (Å²) in [5.74, 6) is -0.879. The molecule has 1 aromatic carbocycles. The minimum atomic E-state index is -5.82. The van der Waals surface area contributed by atoms with Crippen LogP contribution in [-0.2, 0) is 35.7 Å². The zero-order valence-corrected chi connectivity index (χ0v) is 16.7. The van der Waals surface area contributed by atoms with Crippen molar-refractivity contribution in [3.05, 3.63) is 47.2 Å². The van der Waals surface area contributed by atoms with Crippen molar-refractivity contribution in [2.45, 2.75) is 45.0 Å².